The summed E-state index contributed by atoms with van der Waals surface area (Å²) in [4.78, 5) is 0. The summed E-state index contributed by atoms with van der Waals surface area (Å²) in [5.74, 6) is 1.80. The number of ether oxygens (including phenoxy) is 2. The molecule has 0 aromatic carbocycles. The topological polar surface area (TPSA) is 30.5 Å². The Balaban J connectivity index is 1.47. The van der Waals surface area contributed by atoms with E-state index in [1.165, 1.54) is 38.6 Å². The lowest BCUT2D eigenvalue weighted by molar-refractivity contribution is -0.0897. The predicted molar refractivity (Wildman–Crippen MR) is 76.3 cm³/mol. The maximum atomic E-state index is 6.00. The molecule has 1 aliphatic carbocycles. The first-order valence-electron chi connectivity index (χ1n) is 8.22. The van der Waals surface area contributed by atoms with Crippen LogP contribution in [-0.4, -0.2) is 38.0 Å². The second-order valence-corrected chi connectivity index (χ2v) is 6.95. The highest BCUT2D eigenvalue weighted by Crippen LogP contribution is 2.33. The molecule has 110 valence electrons. The van der Waals surface area contributed by atoms with E-state index in [2.05, 4.69) is 12.2 Å². The fourth-order valence-electron chi connectivity index (χ4n) is 4.08. The van der Waals surface area contributed by atoms with Crippen LogP contribution in [0.25, 0.3) is 0 Å². The molecule has 4 unspecified atom stereocenters. The Labute approximate surface area is 117 Å². The van der Waals surface area contributed by atoms with E-state index in [1.807, 2.05) is 0 Å². The molecule has 3 nitrogen and oxygen atoms in total. The zero-order chi connectivity index (χ0) is 13.1. The molecule has 0 aromatic rings. The van der Waals surface area contributed by atoms with Crippen molar-refractivity contribution in [3.05, 3.63) is 0 Å². The molecule has 3 aliphatic rings. The van der Waals surface area contributed by atoms with Crippen molar-refractivity contribution in [1.29, 1.82) is 0 Å². The summed E-state index contributed by atoms with van der Waals surface area (Å²) in [5.41, 5.74) is 0.0497. The summed E-state index contributed by atoms with van der Waals surface area (Å²) in [5, 5.41) is 3.84. The van der Waals surface area contributed by atoms with Gasteiger partial charge in [0.1, 0.15) is 0 Å². The van der Waals surface area contributed by atoms with Gasteiger partial charge < -0.3 is 14.8 Å². The average molecular weight is 267 g/mol. The van der Waals surface area contributed by atoms with Crippen LogP contribution in [0.4, 0.5) is 0 Å². The van der Waals surface area contributed by atoms with Crippen molar-refractivity contribution in [3.63, 3.8) is 0 Å². The van der Waals surface area contributed by atoms with Crippen LogP contribution in [0.1, 0.15) is 51.9 Å². The summed E-state index contributed by atoms with van der Waals surface area (Å²) in [6.45, 7) is 6.24. The average Bonchev–Trinajstić information content (AvgIpc) is 2.86. The van der Waals surface area contributed by atoms with Crippen LogP contribution in [0.3, 0.4) is 0 Å². The van der Waals surface area contributed by atoms with Gasteiger partial charge >= 0.3 is 0 Å². The highest BCUT2D eigenvalue weighted by molar-refractivity contribution is 4.93. The third-order valence-electron chi connectivity index (χ3n) is 5.52. The van der Waals surface area contributed by atoms with Crippen LogP contribution in [0.2, 0.25) is 0 Å². The van der Waals surface area contributed by atoms with Gasteiger partial charge in [0.25, 0.3) is 0 Å². The minimum absolute atomic E-state index is 0.0497. The molecule has 3 rings (SSSR count). The molecule has 0 aromatic heterocycles. The van der Waals surface area contributed by atoms with Gasteiger partial charge in [-0.15, -0.1) is 0 Å². The van der Waals surface area contributed by atoms with E-state index in [-0.39, 0.29) is 5.60 Å². The lowest BCUT2D eigenvalue weighted by Crippen LogP contribution is -2.48. The number of hydrogen-bond acceptors (Lipinski definition) is 3. The SMILES string of the molecule is CC1CCCCC1CNC1CCOC2(CCOC2)C1. The van der Waals surface area contributed by atoms with Crippen LogP contribution in [0, 0.1) is 11.8 Å². The number of rotatable bonds is 3. The molecule has 2 aliphatic heterocycles. The summed E-state index contributed by atoms with van der Waals surface area (Å²) in [6, 6.07) is 0.643. The maximum Gasteiger partial charge on any atom is 0.0951 e. The van der Waals surface area contributed by atoms with Crippen LogP contribution in [0.15, 0.2) is 0 Å². The Morgan fingerprint density at radius 2 is 2.05 bits per heavy atom. The van der Waals surface area contributed by atoms with Gasteiger partial charge in [-0.3, -0.25) is 0 Å². The molecule has 2 heterocycles. The molecular weight excluding hydrogens is 238 g/mol. The van der Waals surface area contributed by atoms with Gasteiger partial charge in [-0.1, -0.05) is 26.2 Å². The Morgan fingerprint density at radius 3 is 2.84 bits per heavy atom. The summed E-state index contributed by atoms with van der Waals surface area (Å²) in [7, 11) is 0. The van der Waals surface area contributed by atoms with Crippen LogP contribution < -0.4 is 5.32 Å². The molecule has 2 saturated heterocycles. The van der Waals surface area contributed by atoms with E-state index in [1.54, 1.807) is 0 Å². The van der Waals surface area contributed by atoms with Crippen molar-refractivity contribution in [1.82, 2.24) is 5.32 Å². The van der Waals surface area contributed by atoms with Crippen molar-refractivity contribution in [2.24, 2.45) is 11.8 Å². The Hall–Kier alpha value is -0.120. The first-order chi connectivity index (χ1) is 9.27. The Bertz CT molecular complexity index is 288. The lowest BCUT2D eigenvalue weighted by Gasteiger charge is -2.38. The van der Waals surface area contributed by atoms with Crippen molar-refractivity contribution >= 4 is 0 Å². The molecule has 3 fully saturated rings. The zero-order valence-electron chi connectivity index (χ0n) is 12.3. The van der Waals surface area contributed by atoms with Gasteiger partial charge in [0, 0.05) is 25.7 Å². The molecule has 3 heteroatoms. The molecule has 19 heavy (non-hydrogen) atoms. The fraction of sp³-hybridized carbons (Fsp3) is 1.00. The van der Waals surface area contributed by atoms with Crippen molar-refractivity contribution in [2.75, 3.05) is 26.4 Å². The molecule has 0 amide bonds. The van der Waals surface area contributed by atoms with Gasteiger partial charge in [-0.25, -0.2) is 0 Å². The highest BCUT2D eigenvalue weighted by Gasteiger charge is 2.41. The van der Waals surface area contributed by atoms with Crippen LogP contribution in [0.5, 0.6) is 0 Å². The molecule has 4 atom stereocenters. The quantitative estimate of drug-likeness (QED) is 0.853. The molecule has 1 spiro atoms. The van der Waals surface area contributed by atoms with Crippen molar-refractivity contribution in [3.8, 4) is 0 Å². The predicted octanol–water partition coefficient (Wildman–Crippen LogP) is 2.74. The van der Waals surface area contributed by atoms with Gasteiger partial charge in [0.05, 0.1) is 12.2 Å². The highest BCUT2D eigenvalue weighted by atomic mass is 16.6. The molecule has 0 bridgehead atoms. The van der Waals surface area contributed by atoms with Gasteiger partial charge in [-0.2, -0.15) is 0 Å². The normalized spacial score (nSPS) is 43.7. The monoisotopic (exact) mass is 267 g/mol. The standard InChI is InChI=1S/C16H29NO2/c1-13-4-2-3-5-14(13)11-17-15-6-8-19-16(10-15)7-9-18-12-16/h13-15,17H,2-12H2,1H3. The first-order valence-corrected chi connectivity index (χ1v) is 8.22. The lowest BCUT2D eigenvalue weighted by atomic mass is 9.80. The fourth-order valence-corrected chi connectivity index (χ4v) is 4.08. The molecule has 1 saturated carbocycles. The van der Waals surface area contributed by atoms with E-state index in [9.17, 15) is 0 Å². The largest absolute Gasteiger partial charge is 0.378 e. The van der Waals surface area contributed by atoms with E-state index in [4.69, 9.17) is 9.47 Å². The summed E-state index contributed by atoms with van der Waals surface area (Å²) < 4.78 is 11.5. The Kier molecular flexibility index (Phi) is 4.45. The minimum Gasteiger partial charge on any atom is -0.378 e. The Morgan fingerprint density at radius 1 is 1.16 bits per heavy atom. The second kappa shape index (κ2) is 6.11. The number of hydrogen-bond donors (Lipinski definition) is 1. The van der Waals surface area contributed by atoms with Crippen molar-refractivity contribution < 1.29 is 9.47 Å². The number of nitrogens with one attached hydrogen (secondary N) is 1. The van der Waals surface area contributed by atoms with E-state index >= 15 is 0 Å². The summed E-state index contributed by atoms with van der Waals surface area (Å²) >= 11 is 0. The van der Waals surface area contributed by atoms with E-state index in [0.717, 1.165) is 44.5 Å². The van der Waals surface area contributed by atoms with Crippen LogP contribution in [-0.2, 0) is 9.47 Å². The second-order valence-electron chi connectivity index (χ2n) is 6.95. The molecule has 1 N–H and O–H groups in total. The van der Waals surface area contributed by atoms with Gasteiger partial charge in [0.2, 0.25) is 0 Å². The first kappa shape index (κ1) is 13.8. The third kappa shape index (κ3) is 3.32. The van der Waals surface area contributed by atoms with Gasteiger partial charge in [-0.05, 0) is 37.6 Å². The van der Waals surface area contributed by atoms with Crippen molar-refractivity contribution in [2.45, 2.75) is 63.5 Å². The smallest absolute Gasteiger partial charge is 0.0951 e. The van der Waals surface area contributed by atoms with E-state index < -0.39 is 0 Å². The molecular formula is C16H29NO2. The minimum atomic E-state index is 0.0497. The maximum absolute atomic E-state index is 6.00. The third-order valence-corrected chi connectivity index (χ3v) is 5.52. The zero-order valence-corrected chi connectivity index (χ0v) is 12.3. The van der Waals surface area contributed by atoms with E-state index in [0.29, 0.717) is 6.04 Å². The molecule has 0 radical (unpaired) electrons. The summed E-state index contributed by atoms with van der Waals surface area (Å²) in [6.07, 6.45) is 9.13. The van der Waals surface area contributed by atoms with Crippen LogP contribution >= 0.6 is 0 Å². The van der Waals surface area contributed by atoms with Gasteiger partial charge in [0.15, 0.2) is 0 Å².